The molecule has 3 atom stereocenters. The fourth-order valence-electron chi connectivity index (χ4n) is 6.61. The van der Waals surface area contributed by atoms with Gasteiger partial charge in [0.05, 0.1) is 0 Å². The van der Waals surface area contributed by atoms with Crippen LogP contribution in [-0.2, 0) is 16.6 Å². The number of fused-ring (bicyclic) bond motifs is 4. The first-order valence-corrected chi connectivity index (χ1v) is 11.4. The standard InChI is InChI=1S/C25H37NO2/c1-24-14-15-26(3)23(16-19-9-11-21(28)17-22(19)24)25(24,2)13-12-20(27)10-8-18-6-4-5-7-18/h9,11,17-18,23,28H,4-8,10,12-16H2,1-3H3/t23-,24+,25?/m1/s1. The van der Waals surface area contributed by atoms with Crippen LogP contribution in [0.3, 0.4) is 0 Å². The molecule has 1 aliphatic heterocycles. The van der Waals surface area contributed by atoms with Gasteiger partial charge in [-0.3, -0.25) is 4.79 Å². The van der Waals surface area contributed by atoms with Crippen molar-refractivity contribution in [2.45, 2.75) is 89.5 Å². The van der Waals surface area contributed by atoms with Gasteiger partial charge in [0, 0.05) is 24.3 Å². The number of phenolic OH excluding ortho intramolecular Hbond substituents is 1. The Hall–Kier alpha value is -1.35. The Kier molecular flexibility index (Phi) is 5.33. The van der Waals surface area contributed by atoms with Crippen molar-refractivity contribution in [3.63, 3.8) is 0 Å². The van der Waals surface area contributed by atoms with Crippen LogP contribution < -0.4 is 0 Å². The molecule has 0 aromatic heterocycles. The van der Waals surface area contributed by atoms with Crippen molar-refractivity contribution in [3.05, 3.63) is 29.3 Å². The summed E-state index contributed by atoms with van der Waals surface area (Å²) in [6, 6.07) is 6.40. The number of Topliss-reactive ketones (excluding diaryl/α,β-unsaturated/α-hetero) is 1. The van der Waals surface area contributed by atoms with Gasteiger partial charge in [0.2, 0.25) is 0 Å². The van der Waals surface area contributed by atoms with Crippen LogP contribution >= 0.6 is 0 Å². The molecule has 2 fully saturated rings. The molecule has 1 saturated heterocycles. The molecular formula is C25H37NO2. The molecule has 1 N–H and O–H groups in total. The molecule has 1 aromatic rings. The number of hydrogen-bond acceptors (Lipinski definition) is 3. The summed E-state index contributed by atoms with van der Waals surface area (Å²) in [5, 5.41) is 10.1. The Morgan fingerprint density at radius 1 is 1.21 bits per heavy atom. The molecule has 1 heterocycles. The summed E-state index contributed by atoms with van der Waals surface area (Å²) < 4.78 is 0. The molecule has 2 aliphatic carbocycles. The second kappa shape index (κ2) is 7.48. The normalized spacial score (nSPS) is 33.0. The number of carbonyl (C=O) groups excluding carboxylic acids is 1. The summed E-state index contributed by atoms with van der Waals surface area (Å²) in [4.78, 5) is 15.3. The van der Waals surface area contributed by atoms with E-state index >= 15 is 0 Å². The van der Waals surface area contributed by atoms with Gasteiger partial charge in [-0.2, -0.15) is 0 Å². The number of piperidine rings is 1. The second-order valence-electron chi connectivity index (χ2n) is 10.3. The summed E-state index contributed by atoms with van der Waals surface area (Å²) in [5.74, 6) is 1.62. The molecule has 28 heavy (non-hydrogen) atoms. The van der Waals surface area contributed by atoms with E-state index in [1.807, 2.05) is 12.1 Å². The topological polar surface area (TPSA) is 40.5 Å². The molecule has 2 bridgehead atoms. The van der Waals surface area contributed by atoms with E-state index in [9.17, 15) is 9.90 Å². The lowest BCUT2D eigenvalue weighted by Gasteiger charge is -2.62. The number of likely N-dealkylation sites (tertiary alicyclic amines) is 1. The molecule has 4 rings (SSSR count). The average Bonchev–Trinajstić information content (AvgIpc) is 3.19. The summed E-state index contributed by atoms with van der Waals surface area (Å²) in [5.41, 5.74) is 2.77. The van der Waals surface area contributed by atoms with E-state index in [1.54, 1.807) is 0 Å². The van der Waals surface area contributed by atoms with Gasteiger partial charge >= 0.3 is 0 Å². The lowest BCUT2D eigenvalue weighted by atomic mass is 9.49. The van der Waals surface area contributed by atoms with Crippen molar-refractivity contribution in [2.75, 3.05) is 13.6 Å². The number of nitrogens with zero attached hydrogens (tertiary/aromatic N) is 1. The number of likely N-dealkylation sites (N-methyl/N-ethyl adjacent to an activating group) is 1. The molecule has 154 valence electrons. The molecule has 3 heteroatoms. The zero-order valence-corrected chi connectivity index (χ0v) is 18.0. The fraction of sp³-hybridized carbons (Fsp3) is 0.720. The summed E-state index contributed by atoms with van der Waals surface area (Å²) in [6.07, 6.45) is 11.0. The van der Waals surface area contributed by atoms with Crippen LogP contribution in [0.2, 0.25) is 0 Å². The number of phenols is 1. The van der Waals surface area contributed by atoms with E-state index in [4.69, 9.17) is 0 Å². The third kappa shape index (κ3) is 3.30. The molecular weight excluding hydrogens is 346 g/mol. The highest BCUT2D eigenvalue weighted by molar-refractivity contribution is 5.78. The van der Waals surface area contributed by atoms with Crippen LogP contribution in [0.4, 0.5) is 0 Å². The van der Waals surface area contributed by atoms with Crippen molar-refractivity contribution in [2.24, 2.45) is 11.3 Å². The highest BCUT2D eigenvalue weighted by atomic mass is 16.3. The lowest BCUT2D eigenvalue weighted by molar-refractivity contribution is -0.121. The maximum absolute atomic E-state index is 12.7. The minimum atomic E-state index is 0.0161. The molecule has 0 spiro atoms. The van der Waals surface area contributed by atoms with Crippen LogP contribution in [0.25, 0.3) is 0 Å². The zero-order valence-electron chi connectivity index (χ0n) is 18.0. The Labute approximate surface area is 170 Å². The number of rotatable bonds is 6. The predicted octanol–water partition coefficient (Wildman–Crippen LogP) is 5.24. The van der Waals surface area contributed by atoms with Crippen LogP contribution in [0, 0.1) is 11.3 Å². The first-order valence-electron chi connectivity index (χ1n) is 11.4. The van der Waals surface area contributed by atoms with Gasteiger partial charge in [-0.15, -0.1) is 0 Å². The van der Waals surface area contributed by atoms with E-state index in [-0.39, 0.29) is 10.8 Å². The summed E-state index contributed by atoms with van der Waals surface area (Å²) >= 11 is 0. The highest BCUT2D eigenvalue weighted by Gasteiger charge is 2.57. The van der Waals surface area contributed by atoms with Gasteiger partial charge in [0.25, 0.3) is 0 Å². The van der Waals surface area contributed by atoms with Crippen LogP contribution in [0.15, 0.2) is 18.2 Å². The van der Waals surface area contributed by atoms with E-state index in [0.29, 0.717) is 24.0 Å². The monoisotopic (exact) mass is 383 g/mol. The number of ketones is 1. The third-order valence-corrected chi connectivity index (χ3v) is 8.82. The van der Waals surface area contributed by atoms with Crippen LogP contribution in [-0.4, -0.2) is 35.4 Å². The van der Waals surface area contributed by atoms with Gasteiger partial charge < -0.3 is 10.0 Å². The molecule has 1 saturated carbocycles. The minimum Gasteiger partial charge on any atom is -0.508 e. The van der Waals surface area contributed by atoms with Gasteiger partial charge in [-0.25, -0.2) is 0 Å². The van der Waals surface area contributed by atoms with Gasteiger partial charge in [0.1, 0.15) is 11.5 Å². The highest BCUT2D eigenvalue weighted by Crippen LogP contribution is 2.58. The summed E-state index contributed by atoms with van der Waals surface area (Å²) in [6.45, 7) is 5.87. The largest absolute Gasteiger partial charge is 0.508 e. The van der Waals surface area contributed by atoms with Crippen molar-refractivity contribution in [1.82, 2.24) is 4.90 Å². The minimum absolute atomic E-state index is 0.0161. The van der Waals surface area contributed by atoms with Crippen LogP contribution in [0.5, 0.6) is 5.75 Å². The van der Waals surface area contributed by atoms with Crippen LogP contribution in [0.1, 0.15) is 82.8 Å². The number of aromatic hydroxyl groups is 1. The smallest absolute Gasteiger partial charge is 0.132 e. The average molecular weight is 384 g/mol. The maximum Gasteiger partial charge on any atom is 0.132 e. The lowest BCUT2D eigenvalue weighted by Crippen LogP contribution is -2.64. The molecule has 0 amide bonds. The van der Waals surface area contributed by atoms with Crippen molar-refractivity contribution in [3.8, 4) is 5.75 Å². The van der Waals surface area contributed by atoms with Crippen molar-refractivity contribution < 1.29 is 9.90 Å². The Balaban J connectivity index is 1.52. The number of carbonyl (C=O) groups is 1. The maximum atomic E-state index is 12.7. The number of hydrogen-bond donors (Lipinski definition) is 1. The first-order chi connectivity index (χ1) is 13.3. The molecule has 3 aliphatic rings. The van der Waals surface area contributed by atoms with Gasteiger partial charge in [-0.1, -0.05) is 45.6 Å². The first kappa shape index (κ1) is 19.9. The fourth-order valence-corrected chi connectivity index (χ4v) is 6.61. The third-order valence-electron chi connectivity index (χ3n) is 8.82. The Morgan fingerprint density at radius 3 is 2.71 bits per heavy atom. The summed E-state index contributed by atoms with van der Waals surface area (Å²) in [7, 11) is 2.25. The number of benzene rings is 1. The van der Waals surface area contributed by atoms with E-state index in [1.165, 1.54) is 36.8 Å². The predicted molar refractivity (Wildman–Crippen MR) is 114 cm³/mol. The van der Waals surface area contributed by atoms with Crippen molar-refractivity contribution in [1.29, 1.82) is 0 Å². The van der Waals surface area contributed by atoms with Gasteiger partial charge in [0.15, 0.2) is 0 Å². The second-order valence-corrected chi connectivity index (χ2v) is 10.3. The van der Waals surface area contributed by atoms with E-state index in [0.717, 1.165) is 44.6 Å². The Morgan fingerprint density at radius 2 is 1.96 bits per heavy atom. The van der Waals surface area contributed by atoms with Gasteiger partial charge in [-0.05, 0) is 73.9 Å². The SMILES string of the molecule is CN1CC[C@@]2(C)c3cc(O)ccc3C[C@@H]1C2(C)CCC(=O)CCC1CCCC1. The molecule has 0 radical (unpaired) electrons. The van der Waals surface area contributed by atoms with E-state index in [2.05, 4.69) is 31.9 Å². The van der Waals surface area contributed by atoms with Crippen molar-refractivity contribution >= 4 is 5.78 Å². The Bertz CT molecular complexity index is 738. The zero-order chi connectivity index (χ0) is 19.9. The quantitative estimate of drug-likeness (QED) is 0.731. The van der Waals surface area contributed by atoms with E-state index < -0.39 is 0 Å². The molecule has 1 unspecified atom stereocenters. The molecule has 1 aromatic carbocycles. The molecule has 3 nitrogen and oxygen atoms in total.